The Morgan fingerprint density at radius 1 is 1.29 bits per heavy atom. The van der Waals surface area contributed by atoms with Crippen molar-refractivity contribution in [2.45, 2.75) is 18.9 Å². The van der Waals surface area contributed by atoms with Crippen molar-refractivity contribution >= 4 is 22.7 Å². The number of H-pyrrole nitrogens is 1. The van der Waals surface area contributed by atoms with Gasteiger partial charge in [0.1, 0.15) is 0 Å². The first-order chi connectivity index (χ1) is 11.8. The number of hydrogen-bond donors (Lipinski definition) is 2. The van der Waals surface area contributed by atoms with Crippen LogP contribution in [0.1, 0.15) is 24.6 Å². The summed E-state index contributed by atoms with van der Waals surface area (Å²) < 4.78 is 4.32. The van der Waals surface area contributed by atoms with E-state index in [1.165, 1.54) is 11.5 Å². The zero-order chi connectivity index (χ0) is 16.4. The minimum atomic E-state index is -0.150. The fraction of sp³-hybridized carbons (Fsp3) is 0.250. The number of carbonyl (C=O) groups excluding carboxylic acids is 1. The summed E-state index contributed by atoms with van der Waals surface area (Å²) in [7, 11) is 0. The predicted octanol–water partition coefficient (Wildman–Crippen LogP) is 3.30. The van der Waals surface area contributed by atoms with E-state index >= 15 is 0 Å². The van der Waals surface area contributed by atoms with Gasteiger partial charge in [0.05, 0.1) is 11.7 Å². The van der Waals surface area contributed by atoms with Crippen molar-refractivity contribution in [1.29, 1.82) is 0 Å². The summed E-state index contributed by atoms with van der Waals surface area (Å²) in [5.74, 6) is 0.627. The molecule has 24 heavy (non-hydrogen) atoms. The third kappa shape index (κ3) is 2.88. The topological polar surface area (TPSA) is 86.8 Å². The Labute approximate surface area is 142 Å². The van der Waals surface area contributed by atoms with Gasteiger partial charge in [-0.05, 0) is 18.9 Å². The molecule has 0 saturated carbocycles. The molecule has 8 heteroatoms. The molecule has 1 fully saturated rings. The van der Waals surface area contributed by atoms with Crippen LogP contribution in [-0.4, -0.2) is 37.0 Å². The number of nitrogens with one attached hydrogen (secondary N) is 2. The van der Waals surface area contributed by atoms with Gasteiger partial charge in [-0.25, -0.2) is 4.79 Å². The Morgan fingerprint density at radius 2 is 2.17 bits per heavy atom. The van der Waals surface area contributed by atoms with Crippen molar-refractivity contribution in [2.75, 3.05) is 11.9 Å². The molecule has 0 spiro atoms. The van der Waals surface area contributed by atoms with Crippen LogP contribution in [0.4, 0.5) is 9.93 Å². The molecular formula is C16H16N6OS. The zero-order valence-corrected chi connectivity index (χ0v) is 13.7. The van der Waals surface area contributed by atoms with Gasteiger partial charge in [-0.1, -0.05) is 30.3 Å². The van der Waals surface area contributed by atoms with E-state index in [1.807, 2.05) is 41.3 Å². The first-order valence-electron chi connectivity index (χ1n) is 7.77. The van der Waals surface area contributed by atoms with E-state index in [2.05, 4.69) is 24.9 Å². The van der Waals surface area contributed by atoms with Crippen molar-refractivity contribution in [1.82, 2.24) is 24.5 Å². The third-order valence-electron chi connectivity index (χ3n) is 4.07. The van der Waals surface area contributed by atoms with Gasteiger partial charge in [-0.3, -0.25) is 10.4 Å². The van der Waals surface area contributed by atoms with Gasteiger partial charge in [0.25, 0.3) is 0 Å². The van der Waals surface area contributed by atoms with E-state index in [0.29, 0.717) is 11.0 Å². The monoisotopic (exact) mass is 340 g/mol. The van der Waals surface area contributed by atoms with Gasteiger partial charge in [0.2, 0.25) is 5.13 Å². The molecule has 2 aromatic heterocycles. The van der Waals surface area contributed by atoms with Gasteiger partial charge < -0.3 is 4.90 Å². The van der Waals surface area contributed by atoms with Crippen LogP contribution in [-0.2, 0) is 0 Å². The van der Waals surface area contributed by atoms with Crippen LogP contribution in [0, 0.1) is 0 Å². The Morgan fingerprint density at radius 3 is 2.96 bits per heavy atom. The molecule has 0 unspecified atom stereocenters. The fourth-order valence-corrected chi connectivity index (χ4v) is 3.51. The number of amides is 2. The molecule has 1 atom stereocenters. The van der Waals surface area contributed by atoms with Gasteiger partial charge in [0.15, 0.2) is 5.82 Å². The smallest absolute Gasteiger partial charge is 0.316 e. The maximum absolute atomic E-state index is 12.6. The van der Waals surface area contributed by atoms with Crippen LogP contribution < -0.4 is 5.32 Å². The second-order valence-corrected chi connectivity index (χ2v) is 6.33. The molecular weight excluding hydrogens is 324 g/mol. The van der Waals surface area contributed by atoms with Gasteiger partial charge in [0, 0.05) is 29.8 Å². The maximum Gasteiger partial charge on any atom is 0.324 e. The Balaban J connectivity index is 1.47. The second kappa shape index (κ2) is 6.40. The highest BCUT2D eigenvalue weighted by molar-refractivity contribution is 7.10. The highest BCUT2D eigenvalue weighted by atomic mass is 32.1. The van der Waals surface area contributed by atoms with E-state index in [0.717, 1.165) is 30.6 Å². The van der Waals surface area contributed by atoms with Gasteiger partial charge in [-0.15, -0.1) is 0 Å². The van der Waals surface area contributed by atoms with E-state index in [4.69, 9.17) is 0 Å². The average molecular weight is 340 g/mol. The van der Waals surface area contributed by atoms with Crippen LogP contribution in [0.3, 0.4) is 0 Å². The van der Waals surface area contributed by atoms with E-state index < -0.39 is 0 Å². The molecule has 2 amide bonds. The first kappa shape index (κ1) is 14.8. The molecule has 7 nitrogen and oxygen atoms in total. The lowest BCUT2D eigenvalue weighted by atomic mass is 10.1. The lowest BCUT2D eigenvalue weighted by molar-refractivity contribution is 0.206. The Bertz CT molecular complexity index is 816. The standard InChI is InChI=1S/C16H16N6OS/c23-16(22-10-4-7-13(22)12-8-9-17-20-12)19-15-18-14(21-24-15)11-5-2-1-3-6-11/h1-3,5-6,8-9,13H,4,7,10H2,(H,17,20)(H,18,19,21,23)/t13-/m0/s1. The molecule has 3 heterocycles. The summed E-state index contributed by atoms with van der Waals surface area (Å²) >= 11 is 1.19. The predicted molar refractivity (Wildman–Crippen MR) is 91.6 cm³/mol. The largest absolute Gasteiger partial charge is 0.324 e. The first-order valence-corrected chi connectivity index (χ1v) is 8.54. The second-order valence-electron chi connectivity index (χ2n) is 5.58. The molecule has 1 aliphatic heterocycles. The lowest BCUT2D eigenvalue weighted by Gasteiger charge is -2.23. The molecule has 2 N–H and O–H groups in total. The average Bonchev–Trinajstić information content (AvgIpc) is 3.36. The number of benzene rings is 1. The van der Waals surface area contributed by atoms with Gasteiger partial charge >= 0.3 is 6.03 Å². The molecule has 0 bridgehead atoms. The van der Waals surface area contributed by atoms with Crippen LogP contribution in [0.5, 0.6) is 0 Å². The third-order valence-corrected chi connectivity index (χ3v) is 4.70. The molecule has 3 aromatic rings. The fourth-order valence-electron chi connectivity index (χ4n) is 2.93. The number of rotatable bonds is 3. The van der Waals surface area contributed by atoms with E-state index in [-0.39, 0.29) is 12.1 Å². The van der Waals surface area contributed by atoms with Crippen LogP contribution in [0.15, 0.2) is 42.6 Å². The highest BCUT2D eigenvalue weighted by Gasteiger charge is 2.31. The number of carbonyl (C=O) groups is 1. The number of anilines is 1. The summed E-state index contributed by atoms with van der Waals surface area (Å²) in [5.41, 5.74) is 1.90. The summed E-state index contributed by atoms with van der Waals surface area (Å²) in [6.07, 6.45) is 3.62. The molecule has 1 saturated heterocycles. The van der Waals surface area contributed by atoms with Crippen molar-refractivity contribution < 1.29 is 4.79 Å². The normalized spacial score (nSPS) is 17.2. The number of likely N-dealkylation sites (tertiary alicyclic amines) is 1. The van der Waals surface area contributed by atoms with Crippen molar-refractivity contribution in [2.24, 2.45) is 0 Å². The number of urea groups is 1. The van der Waals surface area contributed by atoms with E-state index in [9.17, 15) is 4.79 Å². The molecule has 1 aromatic carbocycles. The highest BCUT2D eigenvalue weighted by Crippen LogP contribution is 2.31. The summed E-state index contributed by atoms with van der Waals surface area (Å²) in [6.45, 7) is 0.722. The molecule has 0 aliphatic carbocycles. The zero-order valence-electron chi connectivity index (χ0n) is 12.8. The number of nitrogens with zero attached hydrogens (tertiary/aromatic N) is 4. The molecule has 1 aliphatic rings. The number of aromatic nitrogens is 4. The minimum Gasteiger partial charge on any atom is -0.316 e. The molecule has 0 radical (unpaired) electrons. The number of hydrogen-bond acceptors (Lipinski definition) is 5. The van der Waals surface area contributed by atoms with Crippen LogP contribution in [0.2, 0.25) is 0 Å². The van der Waals surface area contributed by atoms with Crippen LogP contribution >= 0.6 is 11.5 Å². The molecule has 4 rings (SSSR count). The summed E-state index contributed by atoms with van der Waals surface area (Å²) in [6, 6.07) is 11.5. The van der Waals surface area contributed by atoms with Crippen molar-refractivity contribution in [3.05, 3.63) is 48.3 Å². The molecule has 122 valence electrons. The summed E-state index contributed by atoms with van der Waals surface area (Å²) in [5, 5.41) is 10.3. The summed E-state index contributed by atoms with van der Waals surface area (Å²) in [4.78, 5) is 18.8. The van der Waals surface area contributed by atoms with Crippen molar-refractivity contribution in [3.8, 4) is 11.4 Å². The minimum absolute atomic E-state index is 0.0361. The Hall–Kier alpha value is -2.74. The van der Waals surface area contributed by atoms with E-state index in [1.54, 1.807) is 6.20 Å². The van der Waals surface area contributed by atoms with Gasteiger partial charge in [-0.2, -0.15) is 14.5 Å². The van der Waals surface area contributed by atoms with Crippen LogP contribution in [0.25, 0.3) is 11.4 Å². The lowest BCUT2D eigenvalue weighted by Crippen LogP contribution is -2.34. The number of aromatic amines is 1. The van der Waals surface area contributed by atoms with Crippen molar-refractivity contribution in [3.63, 3.8) is 0 Å². The maximum atomic E-state index is 12.6. The SMILES string of the molecule is O=C(Nc1nc(-c2ccccc2)ns1)N1CCC[C@H]1c1ccn[nH]1. The quantitative estimate of drug-likeness (QED) is 0.766. The Kier molecular flexibility index (Phi) is 3.96.